The molecule has 144 valence electrons. The Morgan fingerprint density at radius 3 is 2.77 bits per heavy atom. The Kier molecular flexibility index (Phi) is 7.51. The molecule has 3 nitrogen and oxygen atoms in total. The van der Waals surface area contributed by atoms with Gasteiger partial charge in [-0.05, 0) is 37.8 Å². The van der Waals surface area contributed by atoms with Crippen molar-refractivity contribution in [2.75, 3.05) is 25.4 Å². The fraction of sp³-hybridized carbons (Fsp3) is 0.632. The molecule has 0 saturated carbocycles. The van der Waals surface area contributed by atoms with Crippen molar-refractivity contribution in [3.8, 4) is 0 Å². The number of rotatable bonds is 5. The predicted molar refractivity (Wildman–Crippen MR) is 114 cm³/mol. The molecule has 0 N–H and O–H groups in total. The third-order valence-corrected chi connectivity index (χ3v) is 7.00. The molecule has 0 aromatic heterocycles. The van der Waals surface area contributed by atoms with Gasteiger partial charge in [-0.3, -0.25) is 0 Å². The molecule has 1 aromatic carbocycles. The van der Waals surface area contributed by atoms with E-state index in [2.05, 4.69) is 11.8 Å². The van der Waals surface area contributed by atoms with Crippen LogP contribution >= 0.6 is 47.2 Å². The Hall–Kier alpha value is -0.0400. The monoisotopic (exact) mass is 433 g/mol. The largest absolute Gasteiger partial charge is 0.358 e. The van der Waals surface area contributed by atoms with Crippen LogP contribution in [0.5, 0.6) is 0 Å². The van der Waals surface area contributed by atoms with Crippen molar-refractivity contribution in [3.05, 3.63) is 33.8 Å². The van der Waals surface area contributed by atoms with Crippen LogP contribution in [0.4, 0.5) is 0 Å². The zero-order chi connectivity index (χ0) is 18.6. The summed E-state index contributed by atoms with van der Waals surface area (Å²) in [5.74, 6) is -0.282. The van der Waals surface area contributed by atoms with Crippen molar-refractivity contribution in [2.24, 2.45) is 0 Å². The van der Waals surface area contributed by atoms with Gasteiger partial charge in [0.15, 0.2) is 0 Å². The molecule has 0 spiro atoms. The van der Waals surface area contributed by atoms with Crippen LogP contribution in [0.15, 0.2) is 18.2 Å². The minimum Gasteiger partial charge on any atom is -0.358 e. The molecule has 1 aromatic rings. The van der Waals surface area contributed by atoms with Crippen LogP contribution in [0, 0.1) is 0 Å². The lowest BCUT2D eigenvalue weighted by Crippen LogP contribution is -2.36. The summed E-state index contributed by atoms with van der Waals surface area (Å²) in [6.45, 7) is 4.81. The molecular formula is C19H25Cl2NO2S2. The minimum absolute atomic E-state index is 0.0795. The smallest absolute Gasteiger partial charge is 0.206 e. The minimum atomic E-state index is -0.869. The number of piperidine rings is 1. The highest BCUT2D eigenvalue weighted by molar-refractivity contribution is 8.22. The van der Waals surface area contributed by atoms with Gasteiger partial charge >= 0.3 is 0 Å². The summed E-state index contributed by atoms with van der Waals surface area (Å²) < 4.78 is 13.5. The molecule has 3 rings (SSSR count). The maximum absolute atomic E-state index is 6.49. The van der Waals surface area contributed by atoms with Crippen LogP contribution in [0.25, 0.3) is 0 Å². The molecule has 2 saturated heterocycles. The van der Waals surface area contributed by atoms with E-state index in [4.69, 9.17) is 44.9 Å². The van der Waals surface area contributed by atoms with Gasteiger partial charge in [-0.25, -0.2) is 0 Å². The van der Waals surface area contributed by atoms with Gasteiger partial charge in [0.05, 0.1) is 23.5 Å². The standard InChI is InChI=1S/C19H25Cl2NO2S2/c1-2-6-15-12-23-19(24-15,16-8-7-14(20)11-17(16)21)13-26-18(25)22-9-4-3-5-10-22/h7-8,11,15H,2-6,9-10,12-13H2,1H3/t15-,19+/m1/s1. The van der Waals surface area contributed by atoms with Crippen molar-refractivity contribution < 1.29 is 9.47 Å². The second-order valence-corrected chi connectivity index (χ2v) is 9.27. The number of benzene rings is 1. The second kappa shape index (κ2) is 9.44. The van der Waals surface area contributed by atoms with E-state index in [-0.39, 0.29) is 6.10 Å². The predicted octanol–water partition coefficient (Wildman–Crippen LogP) is 5.87. The number of thiocarbonyl (C=S) groups is 1. The van der Waals surface area contributed by atoms with Crippen molar-refractivity contribution >= 4 is 51.5 Å². The average Bonchev–Trinajstić information content (AvgIpc) is 3.05. The van der Waals surface area contributed by atoms with Crippen LogP contribution in [-0.2, 0) is 15.3 Å². The van der Waals surface area contributed by atoms with E-state index in [0.29, 0.717) is 22.4 Å². The molecule has 0 bridgehead atoms. The zero-order valence-electron chi connectivity index (χ0n) is 15.0. The van der Waals surface area contributed by atoms with Gasteiger partial charge in [0, 0.05) is 23.7 Å². The zero-order valence-corrected chi connectivity index (χ0v) is 18.2. The molecule has 7 heteroatoms. The van der Waals surface area contributed by atoms with E-state index in [1.54, 1.807) is 17.8 Å². The van der Waals surface area contributed by atoms with Crippen LogP contribution in [0.3, 0.4) is 0 Å². The van der Waals surface area contributed by atoms with E-state index in [1.165, 1.54) is 19.3 Å². The lowest BCUT2D eigenvalue weighted by molar-refractivity contribution is -0.157. The number of thioether (sulfide) groups is 1. The SMILES string of the molecule is CCC[C@@H]1CO[C@](CSC(=S)N2CCCCC2)(c2ccc(Cl)cc2Cl)O1. The van der Waals surface area contributed by atoms with Crippen LogP contribution in [0.2, 0.25) is 10.0 Å². The van der Waals surface area contributed by atoms with Gasteiger partial charge in [-0.15, -0.1) is 0 Å². The highest BCUT2D eigenvalue weighted by Gasteiger charge is 2.44. The average molecular weight is 434 g/mol. The van der Waals surface area contributed by atoms with Gasteiger partial charge in [0.2, 0.25) is 5.79 Å². The lowest BCUT2D eigenvalue weighted by Gasteiger charge is -2.32. The Bertz CT molecular complexity index is 640. The summed E-state index contributed by atoms with van der Waals surface area (Å²) in [6, 6.07) is 5.48. The number of ether oxygens (including phenoxy) is 2. The first-order chi connectivity index (χ1) is 12.5. The third-order valence-electron chi connectivity index (χ3n) is 4.81. The number of hydrogen-bond acceptors (Lipinski definition) is 4. The van der Waals surface area contributed by atoms with Crippen molar-refractivity contribution in [1.29, 1.82) is 0 Å². The van der Waals surface area contributed by atoms with Gasteiger partial charge in [-0.1, -0.05) is 66.6 Å². The first kappa shape index (κ1) is 20.7. The molecule has 2 heterocycles. The van der Waals surface area contributed by atoms with E-state index in [0.717, 1.165) is 35.8 Å². The van der Waals surface area contributed by atoms with Gasteiger partial charge in [-0.2, -0.15) is 0 Å². The lowest BCUT2D eigenvalue weighted by atomic mass is 10.1. The molecule has 2 aliphatic heterocycles. The van der Waals surface area contributed by atoms with Crippen LogP contribution < -0.4 is 0 Å². The Labute approximate surface area is 175 Å². The van der Waals surface area contributed by atoms with Gasteiger partial charge in [0.25, 0.3) is 0 Å². The fourth-order valence-electron chi connectivity index (χ4n) is 3.45. The molecular weight excluding hydrogens is 409 g/mol. The quantitative estimate of drug-likeness (QED) is 0.540. The van der Waals surface area contributed by atoms with Gasteiger partial charge < -0.3 is 14.4 Å². The topological polar surface area (TPSA) is 21.7 Å². The summed E-state index contributed by atoms with van der Waals surface area (Å²) >= 11 is 19.9. The summed E-state index contributed by atoms with van der Waals surface area (Å²) in [5, 5.41) is 1.17. The molecule has 26 heavy (non-hydrogen) atoms. The summed E-state index contributed by atoms with van der Waals surface area (Å²) in [6.07, 6.45) is 5.81. The Morgan fingerprint density at radius 1 is 1.31 bits per heavy atom. The van der Waals surface area contributed by atoms with Crippen LogP contribution in [-0.4, -0.2) is 40.8 Å². The Balaban J connectivity index is 1.76. The number of halogens is 2. The highest BCUT2D eigenvalue weighted by atomic mass is 35.5. The number of hydrogen-bond donors (Lipinski definition) is 0. The van der Waals surface area contributed by atoms with Crippen molar-refractivity contribution in [1.82, 2.24) is 4.90 Å². The first-order valence-electron chi connectivity index (χ1n) is 9.23. The normalized spacial score (nSPS) is 26.3. The summed E-state index contributed by atoms with van der Waals surface area (Å²) in [5.41, 5.74) is 0.830. The number of nitrogens with zero attached hydrogens (tertiary/aromatic N) is 1. The maximum Gasteiger partial charge on any atom is 0.206 e. The summed E-state index contributed by atoms with van der Waals surface area (Å²) in [4.78, 5) is 2.29. The van der Waals surface area contributed by atoms with Crippen molar-refractivity contribution in [3.63, 3.8) is 0 Å². The van der Waals surface area contributed by atoms with E-state index in [1.807, 2.05) is 12.1 Å². The summed E-state index contributed by atoms with van der Waals surface area (Å²) in [7, 11) is 0. The number of likely N-dealkylation sites (tertiary alicyclic amines) is 1. The molecule has 2 fully saturated rings. The van der Waals surface area contributed by atoms with Gasteiger partial charge in [0.1, 0.15) is 4.32 Å². The highest BCUT2D eigenvalue weighted by Crippen LogP contribution is 2.42. The first-order valence-corrected chi connectivity index (χ1v) is 11.4. The fourth-order valence-corrected chi connectivity index (χ4v) is 5.34. The van der Waals surface area contributed by atoms with Crippen LogP contribution in [0.1, 0.15) is 44.6 Å². The Morgan fingerprint density at radius 2 is 2.08 bits per heavy atom. The van der Waals surface area contributed by atoms with E-state index < -0.39 is 5.79 Å². The third kappa shape index (κ3) is 4.86. The molecule has 2 aliphatic rings. The molecule has 2 atom stereocenters. The second-order valence-electron chi connectivity index (χ2n) is 6.82. The van der Waals surface area contributed by atoms with E-state index >= 15 is 0 Å². The molecule has 0 unspecified atom stereocenters. The molecule has 0 aliphatic carbocycles. The van der Waals surface area contributed by atoms with E-state index in [9.17, 15) is 0 Å². The maximum atomic E-state index is 6.49. The molecule has 0 radical (unpaired) electrons. The molecule has 0 amide bonds. The van der Waals surface area contributed by atoms with Crippen molar-refractivity contribution in [2.45, 2.75) is 50.9 Å².